The van der Waals surface area contributed by atoms with E-state index in [1.807, 2.05) is 19.2 Å². The molecule has 0 aromatic carbocycles. The lowest BCUT2D eigenvalue weighted by molar-refractivity contribution is -0.146. The van der Waals surface area contributed by atoms with Crippen LogP contribution >= 0.6 is 11.3 Å². The monoisotopic (exact) mass is 414 g/mol. The SMILES string of the molecule is Cc1nnc(-c2ccncc2N2CCC(C(=O)N3CCC[C@]3(C)C(N)=O)CC2)s1. The minimum Gasteiger partial charge on any atom is -0.370 e. The van der Waals surface area contributed by atoms with Gasteiger partial charge in [-0.3, -0.25) is 14.6 Å². The fraction of sp³-hybridized carbons (Fsp3) is 0.550. The van der Waals surface area contributed by atoms with E-state index in [9.17, 15) is 9.59 Å². The van der Waals surface area contributed by atoms with Gasteiger partial charge in [-0.2, -0.15) is 0 Å². The summed E-state index contributed by atoms with van der Waals surface area (Å²) < 4.78 is 0. The van der Waals surface area contributed by atoms with Crippen molar-refractivity contribution in [3.05, 3.63) is 23.5 Å². The molecule has 2 aliphatic rings. The lowest BCUT2D eigenvalue weighted by Crippen LogP contribution is -2.56. The molecule has 2 N–H and O–H groups in total. The summed E-state index contributed by atoms with van der Waals surface area (Å²) in [6, 6.07) is 1.97. The molecule has 0 unspecified atom stereocenters. The van der Waals surface area contributed by atoms with Crippen LogP contribution in [0.15, 0.2) is 18.5 Å². The number of piperidine rings is 1. The average Bonchev–Trinajstić information content (AvgIpc) is 3.34. The van der Waals surface area contributed by atoms with Crippen LogP contribution in [0, 0.1) is 12.8 Å². The first-order chi connectivity index (χ1) is 13.9. The Hall–Kier alpha value is -2.55. The zero-order valence-electron chi connectivity index (χ0n) is 16.8. The average molecular weight is 415 g/mol. The molecule has 0 radical (unpaired) electrons. The molecule has 4 heterocycles. The van der Waals surface area contributed by atoms with Crippen LogP contribution in [-0.2, 0) is 9.59 Å². The van der Waals surface area contributed by atoms with Crippen molar-refractivity contribution in [2.75, 3.05) is 24.5 Å². The summed E-state index contributed by atoms with van der Waals surface area (Å²) in [5.74, 6) is -0.422. The van der Waals surface area contributed by atoms with Gasteiger partial charge in [0.2, 0.25) is 11.8 Å². The molecule has 2 saturated heterocycles. The smallest absolute Gasteiger partial charge is 0.243 e. The molecule has 154 valence electrons. The molecule has 2 fully saturated rings. The molecule has 0 saturated carbocycles. The molecule has 0 bridgehead atoms. The molecule has 2 aliphatic heterocycles. The summed E-state index contributed by atoms with van der Waals surface area (Å²) >= 11 is 1.56. The second-order valence-corrected chi connectivity index (χ2v) is 9.19. The third-order valence-electron chi connectivity index (χ3n) is 6.18. The molecule has 2 aromatic rings. The molecular weight excluding hydrogens is 388 g/mol. The molecule has 2 amide bonds. The Balaban J connectivity index is 1.47. The number of carbonyl (C=O) groups excluding carboxylic acids is 2. The van der Waals surface area contributed by atoms with Crippen LogP contribution in [-0.4, -0.2) is 57.1 Å². The second kappa shape index (κ2) is 7.70. The number of nitrogens with zero attached hydrogens (tertiary/aromatic N) is 5. The zero-order chi connectivity index (χ0) is 20.6. The topological polar surface area (TPSA) is 105 Å². The largest absolute Gasteiger partial charge is 0.370 e. The summed E-state index contributed by atoms with van der Waals surface area (Å²) in [5, 5.41) is 10.2. The van der Waals surface area contributed by atoms with Gasteiger partial charge in [0, 0.05) is 37.3 Å². The van der Waals surface area contributed by atoms with Crippen molar-refractivity contribution in [3.8, 4) is 10.6 Å². The van der Waals surface area contributed by atoms with E-state index >= 15 is 0 Å². The van der Waals surface area contributed by atoms with Crippen molar-refractivity contribution in [1.29, 1.82) is 0 Å². The number of primary amides is 1. The summed E-state index contributed by atoms with van der Waals surface area (Å²) in [5.41, 5.74) is 6.81. The van der Waals surface area contributed by atoms with Gasteiger partial charge in [-0.05, 0) is 45.6 Å². The lowest BCUT2D eigenvalue weighted by Gasteiger charge is -2.38. The van der Waals surface area contributed by atoms with Crippen molar-refractivity contribution >= 4 is 28.8 Å². The van der Waals surface area contributed by atoms with Gasteiger partial charge in [0.1, 0.15) is 15.6 Å². The van der Waals surface area contributed by atoms with Gasteiger partial charge in [-0.1, -0.05) is 11.3 Å². The number of aryl methyl sites for hydroxylation is 1. The lowest BCUT2D eigenvalue weighted by atomic mass is 9.91. The van der Waals surface area contributed by atoms with Crippen LogP contribution < -0.4 is 10.6 Å². The third-order valence-corrected chi connectivity index (χ3v) is 7.05. The van der Waals surface area contributed by atoms with Crippen LogP contribution in [0.25, 0.3) is 10.6 Å². The first-order valence-electron chi connectivity index (χ1n) is 10.0. The Bertz CT molecular complexity index is 923. The van der Waals surface area contributed by atoms with Crippen LogP contribution in [0.4, 0.5) is 5.69 Å². The number of likely N-dealkylation sites (tertiary alicyclic amines) is 1. The molecule has 8 nitrogen and oxygen atoms in total. The minimum absolute atomic E-state index is 0.0645. The molecule has 9 heteroatoms. The maximum absolute atomic E-state index is 13.1. The highest BCUT2D eigenvalue weighted by molar-refractivity contribution is 7.14. The van der Waals surface area contributed by atoms with Gasteiger partial charge < -0.3 is 15.5 Å². The van der Waals surface area contributed by atoms with Gasteiger partial charge in [0.15, 0.2) is 0 Å². The number of pyridine rings is 1. The summed E-state index contributed by atoms with van der Waals surface area (Å²) in [4.78, 5) is 33.3. The number of hydrogen-bond acceptors (Lipinski definition) is 7. The van der Waals surface area contributed by atoms with Crippen LogP contribution in [0.2, 0.25) is 0 Å². The molecule has 0 aliphatic carbocycles. The maximum atomic E-state index is 13.1. The molecular formula is C20H26N6O2S. The van der Waals surface area contributed by atoms with Crippen molar-refractivity contribution < 1.29 is 9.59 Å². The number of aromatic nitrogens is 3. The van der Waals surface area contributed by atoms with Crippen molar-refractivity contribution in [1.82, 2.24) is 20.1 Å². The van der Waals surface area contributed by atoms with E-state index in [1.165, 1.54) is 0 Å². The molecule has 4 rings (SSSR count). The van der Waals surface area contributed by atoms with Crippen LogP contribution in [0.5, 0.6) is 0 Å². The fourth-order valence-corrected chi connectivity index (χ4v) is 5.11. The van der Waals surface area contributed by atoms with E-state index in [0.717, 1.165) is 53.6 Å². The first kappa shape index (κ1) is 19.8. The van der Waals surface area contributed by atoms with E-state index in [4.69, 9.17) is 5.73 Å². The van der Waals surface area contributed by atoms with E-state index in [1.54, 1.807) is 29.4 Å². The summed E-state index contributed by atoms with van der Waals surface area (Å²) in [7, 11) is 0. The summed E-state index contributed by atoms with van der Waals surface area (Å²) in [6.45, 7) is 5.86. The number of carbonyl (C=O) groups is 2. The first-order valence-corrected chi connectivity index (χ1v) is 10.8. The standard InChI is InChI=1S/C20H26N6O2S/c1-13-23-24-17(29-13)15-4-8-22-12-16(15)25-10-5-14(6-11-25)18(27)26-9-3-7-20(26,2)19(21)28/h4,8,12,14H,3,5-7,9-11H2,1-2H3,(H2,21,28)/t20-/m1/s1. The Morgan fingerprint density at radius 2 is 2.00 bits per heavy atom. The summed E-state index contributed by atoms with van der Waals surface area (Å²) in [6.07, 6.45) is 6.58. The Labute approximate surface area is 174 Å². The number of hydrogen-bond donors (Lipinski definition) is 1. The highest BCUT2D eigenvalue weighted by Crippen LogP contribution is 2.36. The zero-order valence-corrected chi connectivity index (χ0v) is 17.6. The highest BCUT2D eigenvalue weighted by atomic mass is 32.1. The predicted molar refractivity (Wildman–Crippen MR) is 111 cm³/mol. The molecule has 2 aromatic heterocycles. The number of anilines is 1. The van der Waals surface area contributed by atoms with E-state index in [-0.39, 0.29) is 11.8 Å². The number of rotatable bonds is 4. The normalized spacial score (nSPS) is 22.8. The van der Waals surface area contributed by atoms with E-state index in [2.05, 4.69) is 20.1 Å². The quantitative estimate of drug-likeness (QED) is 0.820. The van der Waals surface area contributed by atoms with Gasteiger partial charge in [0.05, 0.1) is 11.9 Å². The molecule has 29 heavy (non-hydrogen) atoms. The maximum Gasteiger partial charge on any atom is 0.243 e. The van der Waals surface area contributed by atoms with E-state index < -0.39 is 11.4 Å². The number of amides is 2. The van der Waals surface area contributed by atoms with Gasteiger partial charge >= 0.3 is 0 Å². The minimum atomic E-state index is -0.847. The van der Waals surface area contributed by atoms with Gasteiger partial charge in [-0.25, -0.2) is 0 Å². The van der Waals surface area contributed by atoms with Crippen LogP contribution in [0.1, 0.15) is 37.6 Å². The molecule has 0 spiro atoms. The van der Waals surface area contributed by atoms with Crippen LogP contribution in [0.3, 0.4) is 0 Å². The third kappa shape index (κ3) is 3.59. The van der Waals surface area contributed by atoms with Crippen molar-refractivity contribution in [2.24, 2.45) is 11.7 Å². The Kier molecular flexibility index (Phi) is 5.24. The van der Waals surface area contributed by atoms with Gasteiger partial charge in [0.25, 0.3) is 0 Å². The van der Waals surface area contributed by atoms with Crippen molar-refractivity contribution in [3.63, 3.8) is 0 Å². The Morgan fingerprint density at radius 3 is 2.66 bits per heavy atom. The van der Waals surface area contributed by atoms with E-state index in [0.29, 0.717) is 13.0 Å². The predicted octanol–water partition coefficient (Wildman–Crippen LogP) is 1.99. The highest BCUT2D eigenvalue weighted by Gasteiger charge is 2.46. The second-order valence-electron chi connectivity index (χ2n) is 8.01. The Morgan fingerprint density at radius 1 is 1.24 bits per heavy atom. The fourth-order valence-electron chi connectivity index (χ4n) is 4.38. The van der Waals surface area contributed by atoms with Crippen molar-refractivity contribution in [2.45, 2.75) is 45.1 Å². The van der Waals surface area contributed by atoms with Gasteiger partial charge in [-0.15, -0.1) is 10.2 Å². The molecule has 1 atom stereocenters. The number of nitrogens with two attached hydrogens (primary N) is 1.